The zero-order valence-corrected chi connectivity index (χ0v) is 7.45. The van der Waals surface area contributed by atoms with Crippen LogP contribution in [-0.4, -0.2) is 24.8 Å². The van der Waals surface area contributed by atoms with E-state index in [9.17, 15) is 4.79 Å². The highest BCUT2D eigenvalue weighted by atomic mass is 16.5. The smallest absolute Gasteiger partial charge is 0.309 e. The van der Waals surface area contributed by atoms with Crippen molar-refractivity contribution in [2.45, 2.75) is 25.7 Å². The molecule has 2 unspecified atom stereocenters. The van der Waals surface area contributed by atoms with Gasteiger partial charge < -0.3 is 9.84 Å². The zero-order chi connectivity index (χ0) is 8.97. The van der Waals surface area contributed by atoms with Crippen LogP contribution in [0, 0.1) is 11.8 Å². The fourth-order valence-electron chi connectivity index (χ4n) is 1.89. The molecule has 3 nitrogen and oxygen atoms in total. The largest absolute Gasteiger partial charge is 0.469 e. The quantitative estimate of drug-likeness (QED) is 0.631. The maximum atomic E-state index is 11.2. The fraction of sp³-hybridized carbons (Fsp3) is 0.889. The van der Waals surface area contributed by atoms with E-state index in [1.165, 1.54) is 7.11 Å². The van der Waals surface area contributed by atoms with Crippen LogP contribution in [-0.2, 0) is 9.53 Å². The van der Waals surface area contributed by atoms with E-state index >= 15 is 0 Å². The van der Waals surface area contributed by atoms with E-state index in [1.807, 2.05) is 0 Å². The second-order valence-corrected chi connectivity index (χ2v) is 3.36. The number of aliphatic hydroxyl groups is 1. The minimum atomic E-state index is -0.159. The molecule has 1 saturated carbocycles. The van der Waals surface area contributed by atoms with Crippen molar-refractivity contribution in [3.63, 3.8) is 0 Å². The number of hydrogen-bond donors (Lipinski definition) is 1. The first kappa shape index (κ1) is 9.52. The van der Waals surface area contributed by atoms with Gasteiger partial charge in [0.05, 0.1) is 13.0 Å². The molecule has 0 spiro atoms. The topological polar surface area (TPSA) is 46.5 Å². The third-order valence-corrected chi connectivity index (χ3v) is 2.65. The van der Waals surface area contributed by atoms with Crippen molar-refractivity contribution in [1.82, 2.24) is 0 Å². The summed E-state index contributed by atoms with van der Waals surface area (Å²) in [5, 5.41) is 9.00. The van der Waals surface area contributed by atoms with Crippen LogP contribution in [0.2, 0.25) is 0 Å². The summed E-state index contributed by atoms with van der Waals surface area (Å²) in [5.41, 5.74) is 0. The molecule has 0 amide bonds. The first-order chi connectivity index (χ1) is 5.79. The molecule has 0 saturated heterocycles. The van der Waals surface area contributed by atoms with Crippen LogP contribution in [0.15, 0.2) is 0 Å². The van der Waals surface area contributed by atoms with Crippen molar-refractivity contribution in [1.29, 1.82) is 0 Å². The Hall–Kier alpha value is -0.570. The summed E-state index contributed by atoms with van der Waals surface area (Å²) in [6.07, 6.45) is 4.03. The summed E-state index contributed by atoms with van der Waals surface area (Å²) < 4.78 is 4.67. The summed E-state index contributed by atoms with van der Waals surface area (Å²) in [7, 11) is 1.41. The third-order valence-electron chi connectivity index (χ3n) is 2.65. The SMILES string of the molecule is COC(=O)C1CCCCC1CO. The van der Waals surface area contributed by atoms with Crippen LogP contribution in [0.25, 0.3) is 0 Å². The average Bonchev–Trinajstić information content (AvgIpc) is 2.16. The number of hydrogen-bond acceptors (Lipinski definition) is 3. The maximum absolute atomic E-state index is 11.2. The van der Waals surface area contributed by atoms with Gasteiger partial charge in [0, 0.05) is 6.61 Å². The highest BCUT2D eigenvalue weighted by molar-refractivity contribution is 5.72. The molecular weight excluding hydrogens is 156 g/mol. The first-order valence-corrected chi connectivity index (χ1v) is 4.48. The second kappa shape index (κ2) is 4.45. The van der Waals surface area contributed by atoms with Crippen molar-refractivity contribution in [2.24, 2.45) is 11.8 Å². The van der Waals surface area contributed by atoms with E-state index in [0.29, 0.717) is 0 Å². The molecule has 3 heteroatoms. The van der Waals surface area contributed by atoms with Gasteiger partial charge in [-0.3, -0.25) is 4.79 Å². The van der Waals surface area contributed by atoms with Crippen LogP contribution >= 0.6 is 0 Å². The van der Waals surface area contributed by atoms with Gasteiger partial charge in [-0.25, -0.2) is 0 Å². The van der Waals surface area contributed by atoms with Gasteiger partial charge in [0.25, 0.3) is 0 Å². The molecule has 0 radical (unpaired) electrons. The Labute approximate surface area is 72.7 Å². The first-order valence-electron chi connectivity index (χ1n) is 4.48. The number of aliphatic hydroxyl groups excluding tert-OH is 1. The standard InChI is InChI=1S/C9H16O3/c1-12-9(11)8-5-3-2-4-7(8)6-10/h7-8,10H,2-6H2,1H3. The molecule has 2 atom stereocenters. The van der Waals surface area contributed by atoms with Crippen molar-refractivity contribution in [2.75, 3.05) is 13.7 Å². The van der Waals surface area contributed by atoms with Gasteiger partial charge in [-0.05, 0) is 18.8 Å². The molecule has 1 N–H and O–H groups in total. The van der Waals surface area contributed by atoms with Crippen LogP contribution in [0.4, 0.5) is 0 Å². The monoisotopic (exact) mass is 172 g/mol. The molecule has 12 heavy (non-hydrogen) atoms. The number of esters is 1. The lowest BCUT2D eigenvalue weighted by atomic mass is 9.80. The van der Waals surface area contributed by atoms with E-state index in [4.69, 9.17) is 5.11 Å². The lowest BCUT2D eigenvalue weighted by Crippen LogP contribution is -2.30. The fourth-order valence-corrected chi connectivity index (χ4v) is 1.89. The van der Waals surface area contributed by atoms with Crippen LogP contribution < -0.4 is 0 Å². The molecule has 1 aliphatic rings. The summed E-state index contributed by atoms with van der Waals surface area (Å²) in [4.78, 5) is 11.2. The van der Waals surface area contributed by atoms with Crippen molar-refractivity contribution < 1.29 is 14.6 Å². The highest BCUT2D eigenvalue weighted by Crippen LogP contribution is 2.30. The Kier molecular flexibility index (Phi) is 3.53. The predicted molar refractivity (Wildman–Crippen MR) is 44.5 cm³/mol. The van der Waals surface area contributed by atoms with Gasteiger partial charge in [0.1, 0.15) is 0 Å². The Morgan fingerprint density at radius 2 is 2.17 bits per heavy atom. The van der Waals surface area contributed by atoms with E-state index in [0.717, 1.165) is 25.7 Å². The lowest BCUT2D eigenvalue weighted by molar-refractivity contribution is -0.149. The van der Waals surface area contributed by atoms with Crippen LogP contribution in [0.5, 0.6) is 0 Å². The molecule has 1 rings (SSSR count). The van der Waals surface area contributed by atoms with E-state index in [1.54, 1.807) is 0 Å². The number of methoxy groups -OCH3 is 1. The average molecular weight is 172 g/mol. The predicted octanol–water partition coefficient (Wildman–Crippen LogP) is 0.958. The van der Waals surface area contributed by atoms with Crippen LogP contribution in [0.3, 0.4) is 0 Å². The highest BCUT2D eigenvalue weighted by Gasteiger charge is 2.30. The van der Waals surface area contributed by atoms with Crippen LogP contribution in [0.1, 0.15) is 25.7 Å². The molecule has 1 fully saturated rings. The van der Waals surface area contributed by atoms with Gasteiger partial charge in [-0.15, -0.1) is 0 Å². The molecule has 0 aromatic heterocycles. The molecule has 70 valence electrons. The third kappa shape index (κ3) is 1.97. The number of ether oxygens (including phenoxy) is 1. The van der Waals surface area contributed by atoms with Crippen molar-refractivity contribution in [3.05, 3.63) is 0 Å². The Morgan fingerprint density at radius 3 is 2.75 bits per heavy atom. The lowest BCUT2D eigenvalue weighted by Gasteiger charge is -2.27. The van der Waals surface area contributed by atoms with E-state index < -0.39 is 0 Å². The summed E-state index contributed by atoms with van der Waals surface area (Å²) >= 11 is 0. The maximum Gasteiger partial charge on any atom is 0.309 e. The van der Waals surface area contributed by atoms with Gasteiger partial charge >= 0.3 is 5.97 Å². The summed E-state index contributed by atoms with van der Waals surface area (Å²) in [5.74, 6) is -0.0892. The molecule has 0 aromatic carbocycles. The number of carbonyl (C=O) groups is 1. The van der Waals surface area contributed by atoms with Gasteiger partial charge in [0.15, 0.2) is 0 Å². The molecule has 0 bridgehead atoms. The normalized spacial score (nSPS) is 29.8. The Balaban J connectivity index is 2.52. The zero-order valence-electron chi connectivity index (χ0n) is 7.45. The van der Waals surface area contributed by atoms with Gasteiger partial charge in [-0.2, -0.15) is 0 Å². The van der Waals surface area contributed by atoms with E-state index in [-0.39, 0.29) is 24.4 Å². The molecular formula is C9H16O3. The number of carbonyl (C=O) groups excluding carboxylic acids is 1. The number of rotatable bonds is 2. The Bertz CT molecular complexity index is 156. The molecule has 0 aromatic rings. The van der Waals surface area contributed by atoms with Gasteiger partial charge in [-0.1, -0.05) is 12.8 Å². The molecule has 1 aliphatic carbocycles. The van der Waals surface area contributed by atoms with E-state index in [2.05, 4.69) is 4.74 Å². The summed E-state index contributed by atoms with van der Waals surface area (Å²) in [6.45, 7) is 0.111. The summed E-state index contributed by atoms with van der Waals surface area (Å²) in [6, 6.07) is 0. The Morgan fingerprint density at radius 1 is 1.50 bits per heavy atom. The van der Waals surface area contributed by atoms with Crippen molar-refractivity contribution in [3.8, 4) is 0 Å². The minimum Gasteiger partial charge on any atom is -0.469 e. The van der Waals surface area contributed by atoms with Gasteiger partial charge in [0.2, 0.25) is 0 Å². The second-order valence-electron chi connectivity index (χ2n) is 3.36. The molecule has 0 aliphatic heterocycles. The van der Waals surface area contributed by atoms with Crippen molar-refractivity contribution >= 4 is 5.97 Å². The minimum absolute atomic E-state index is 0.0613. The molecule has 0 heterocycles.